The van der Waals surface area contributed by atoms with E-state index in [1.165, 1.54) is 12.1 Å². The van der Waals surface area contributed by atoms with Crippen molar-refractivity contribution in [1.29, 1.82) is 0 Å². The minimum absolute atomic E-state index is 0.315. The second-order valence-electron chi connectivity index (χ2n) is 4.55. The number of carbonyl (C=O) groups is 1. The van der Waals surface area contributed by atoms with Crippen LogP contribution in [0.25, 0.3) is 0 Å². The van der Waals surface area contributed by atoms with Crippen LogP contribution in [0.3, 0.4) is 0 Å². The predicted molar refractivity (Wildman–Crippen MR) is 65.9 cm³/mol. The summed E-state index contributed by atoms with van der Waals surface area (Å²) >= 11 is 5.68. The maximum absolute atomic E-state index is 11.4. The molecule has 1 atom stereocenters. The van der Waals surface area contributed by atoms with E-state index in [2.05, 4.69) is 0 Å². The first-order valence-corrected chi connectivity index (χ1v) is 5.71. The number of rotatable bonds is 3. The maximum Gasteiger partial charge on any atom is 0.412 e. The Hall–Kier alpha value is -1.46. The van der Waals surface area contributed by atoms with Gasteiger partial charge in [0.25, 0.3) is 0 Å². The third kappa shape index (κ3) is 5.75. The Labute approximate surface area is 111 Å². The molecule has 0 aliphatic heterocycles. The quantitative estimate of drug-likeness (QED) is 0.860. The van der Waals surface area contributed by atoms with Gasteiger partial charge in [-0.15, -0.1) is 0 Å². The van der Waals surface area contributed by atoms with Gasteiger partial charge in [0.1, 0.15) is 11.4 Å². The maximum atomic E-state index is 11.4. The molecule has 0 heterocycles. The number of hydrogen-bond acceptors (Lipinski definition) is 3. The monoisotopic (exact) mass is 272 g/mol. The molecule has 0 fully saturated rings. The molecule has 1 rings (SSSR count). The number of hydrogen-bond donors (Lipinski definition) is 1. The van der Waals surface area contributed by atoms with Gasteiger partial charge < -0.3 is 9.47 Å². The number of ether oxygens (including phenoxy) is 2. The molecule has 0 bridgehead atoms. The SMILES string of the molecule is CC(C)(C)OC(=O)N[C@@H]([O])Oc1ccc(Cl)cc1. The summed E-state index contributed by atoms with van der Waals surface area (Å²) in [5.74, 6) is 0.315. The molecule has 0 saturated carbocycles. The van der Waals surface area contributed by atoms with Crippen LogP contribution in [0.2, 0.25) is 5.02 Å². The van der Waals surface area contributed by atoms with Crippen LogP contribution < -0.4 is 10.1 Å². The molecule has 0 spiro atoms. The number of halogens is 1. The van der Waals surface area contributed by atoms with Crippen molar-refractivity contribution in [2.24, 2.45) is 0 Å². The zero-order chi connectivity index (χ0) is 13.8. The average molecular weight is 273 g/mol. The van der Waals surface area contributed by atoms with Crippen molar-refractivity contribution in [1.82, 2.24) is 5.32 Å². The number of alkyl carbamates (subject to hydrolysis) is 1. The summed E-state index contributed by atoms with van der Waals surface area (Å²) in [7, 11) is 0. The van der Waals surface area contributed by atoms with Crippen LogP contribution in [0.1, 0.15) is 20.8 Å². The van der Waals surface area contributed by atoms with Crippen LogP contribution in [0.15, 0.2) is 24.3 Å². The molecule has 18 heavy (non-hydrogen) atoms. The molecule has 0 aromatic heterocycles. The highest BCUT2D eigenvalue weighted by atomic mass is 35.5. The van der Waals surface area contributed by atoms with Crippen LogP contribution in [-0.4, -0.2) is 18.1 Å². The van der Waals surface area contributed by atoms with Crippen molar-refractivity contribution in [3.05, 3.63) is 29.3 Å². The predicted octanol–water partition coefficient (Wildman–Crippen LogP) is 2.96. The number of carbonyl (C=O) groups excluding carboxylic acids is 1. The van der Waals surface area contributed by atoms with Gasteiger partial charge in [0, 0.05) is 5.02 Å². The fourth-order valence-corrected chi connectivity index (χ4v) is 1.20. The van der Waals surface area contributed by atoms with E-state index in [0.29, 0.717) is 10.8 Å². The van der Waals surface area contributed by atoms with Crippen LogP contribution in [-0.2, 0) is 9.84 Å². The summed E-state index contributed by atoms with van der Waals surface area (Å²) < 4.78 is 9.84. The molecule has 0 aliphatic carbocycles. The van der Waals surface area contributed by atoms with Crippen molar-refractivity contribution >= 4 is 17.7 Å². The molecule has 1 N–H and O–H groups in total. The highest BCUT2D eigenvalue weighted by molar-refractivity contribution is 6.30. The molecule has 5 nitrogen and oxygen atoms in total. The Balaban J connectivity index is 2.44. The molecule has 1 amide bonds. The highest BCUT2D eigenvalue weighted by Gasteiger charge is 2.19. The molecular formula is C12H15ClNO4. The van der Waals surface area contributed by atoms with Gasteiger partial charge >= 0.3 is 12.5 Å². The summed E-state index contributed by atoms with van der Waals surface area (Å²) in [6.45, 7) is 5.10. The molecule has 99 valence electrons. The van der Waals surface area contributed by atoms with Crippen molar-refractivity contribution in [2.75, 3.05) is 0 Å². The summed E-state index contributed by atoms with van der Waals surface area (Å²) in [6.07, 6.45) is -2.56. The van der Waals surface area contributed by atoms with Gasteiger partial charge in [-0.1, -0.05) is 11.6 Å². The Morgan fingerprint density at radius 3 is 2.33 bits per heavy atom. The van der Waals surface area contributed by atoms with E-state index in [4.69, 9.17) is 21.1 Å². The Morgan fingerprint density at radius 1 is 1.28 bits per heavy atom. The molecule has 6 heteroatoms. The first-order chi connectivity index (χ1) is 8.26. The topological polar surface area (TPSA) is 67.5 Å². The standard InChI is InChI=1S/C12H15ClNO4/c1-12(2,3)18-11(16)14-10(15)17-9-6-4-8(13)5-7-9/h4-7,10H,1-3H3,(H,14,16)/t10-/m0/s1. The van der Waals surface area contributed by atoms with Crippen LogP contribution >= 0.6 is 11.6 Å². The fourth-order valence-electron chi connectivity index (χ4n) is 1.07. The van der Waals surface area contributed by atoms with Crippen molar-refractivity contribution < 1.29 is 19.4 Å². The van der Waals surface area contributed by atoms with Crippen LogP contribution in [0.4, 0.5) is 4.79 Å². The van der Waals surface area contributed by atoms with E-state index in [1.807, 2.05) is 5.32 Å². The second-order valence-corrected chi connectivity index (χ2v) is 4.99. The van der Waals surface area contributed by atoms with Crippen LogP contribution in [0, 0.1) is 0 Å². The Bertz CT molecular complexity index is 400. The lowest BCUT2D eigenvalue weighted by atomic mass is 10.2. The second kappa shape index (κ2) is 5.93. The largest absolute Gasteiger partial charge is 0.445 e. The van der Waals surface area contributed by atoms with E-state index in [0.717, 1.165) is 0 Å². The zero-order valence-electron chi connectivity index (χ0n) is 10.4. The molecular weight excluding hydrogens is 258 g/mol. The fraction of sp³-hybridized carbons (Fsp3) is 0.417. The van der Waals surface area contributed by atoms with Gasteiger partial charge in [0.2, 0.25) is 0 Å². The number of benzene rings is 1. The summed E-state index contributed by atoms with van der Waals surface area (Å²) in [6, 6.07) is 6.22. The lowest BCUT2D eigenvalue weighted by Crippen LogP contribution is -2.41. The third-order valence-corrected chi connectivity index (χ3v) is 1.94. The molecule has 1 aromatic carbocycles. The van der Waals surface area contributed by atoms with E-state index >= 15 is 0 Å². The Morgan fingerprint density at radius 2 is 1.83 bits per heavy atom. The zero-order valence-corrected chi connectivity index (χ0v) is 11.2. The summed E-state index contributed by atoms with van der Waals surface area (Å²) in [5.41, 5.74) is -0.663. The third-order valence-electron chi connectivity index (χ3n) is 1.69. The highest BCUT2D eigenvalue weighted by Crippen LogP contribution is 2.16. The van der Waals surface area contributed by atoms with Gasteiger partial charge in [0.05, 0.1) is 0 Å². The van der Waals surface area contributed by atoms with Gasteiger partial charge in [-0.25, -0.2) is 4.79 Å². The minimum atomic E-state index is -1.74. The van der Waals surface area contributed by atoms with Crippen molar-refractivity contribution in [3.63, 3.8) is 0 Å². The summed E-state index contributed by atoms with van der Waals surface area (Å²) in [5, 5.41) is 14.0. The molecule has 1 aromatic rings. The number of amides is 1. The minimum Gasteiger partial charge on any atom is -0.445 e. The normalized spacial score (nSPS) is 12.7. The summed E-state index contributed by atoms with van der Waals surface area (Å²) in [4.78, 5) is 11.3. The van der Waals surface area contributed by atoms with Crippen LogP contribution in [0.5, 0.6) is 5.75 Å². The van der Waals surface area contributed by atoms with Crippen molar-refractivity contribution in [3.8, 4) is 5.75 Å². The van der Waals surface area contributed by atoms with Gasteiger partial charge in [-0.05, 0) is 45.0 Å². The van der Waals surface area contributed by atoms with E-state index in [-0.39, 0.29) is 0 Å². The average Bonchev–Trinajstić information content (AvgIpc) is 2.18. The number of nitrogens with one attached hydrogen (secondary N) is 1. The Kier molecular flexibility index (Phi) is 4.81. The molecule has 0 unspecified atom stereocenters. The molecule has 1 radical (unpaired) electrons. The lowest BCUT2D eigenvalue weighted by Gasteiger charge is -2.21. The first kappa shape index (κ1) is 14.6. The van der Waals surface area contributed by atoms with E-state index in [9.17, 15) is 9.90 Å². The van der Waals surface area contributed by atoms with Gasteiger partial charge in [-0.2, -0.15) is 5.11 Å². The van der Waals surface area contributed by atoms with Gasteiger partial charge in [-0.3, -0.25) is 5.32 Å². The van der Waals surface area contributed by atoms with Gasteiger partial charge in [0.15, 0.2) is 0 Å². The molecule has 0 saturated heterocycles. The van der Waals surface area contributed by atoms with Crippen molar-refractivity contribution in [2.45, 2.75) is 32.8 Å². The lowest BCUT2D eigenvalue weighted by molar-refractivity contribution is -0.0938. The first-order valence-electron chi connectivity index (χ1n) is 5.34. The van der Waals surface area contributed by atoms with E-state index < -0.39 is 18.1 Å². The smallest absolute Gasteiger partial charge is 0.412 e. The molecule has 0 aliphatic rings. The van der Waals surface area contributed by atoms with E-state index in [1.54, 1.807) is 32.9 Å².